The van der Waals surface area contributed by atoms with Gasteiger partial charge in [-0.25, -0.2) is 4.39 Å². The van der Waals surface area contributed by atoms with Gasteiger partial charge in [-0.1, -0.05) is 38.4 Å². The third-order valence-corrected chi connectivity index (χ3v) is 5.53. The predicted molar refractivity (Wildman–Crippen MR) is 128 cm³/mol. The van der Waals surface area contributed by atoms with Gasteiger partial charge in [0.1, 0.15) is 5.82 Å². The zero-order valence-corrected chi connectivity index (χ0v) is 20.5. The Balaban J connectivity index is 0.00000392. The van der Waals surface area contributed by atoms with Crippen LogP contribution < -0.4 is 10.6 Å². The number of piperazine rings is 1. The first-order chi connectivity index (χ1) is 12.9. The van der Waals surface area contributed by atoms with Crippen molar-refractivity contribution in [2.75, 3.05) is 59.4 Å². The summed E-state index contributed by atoms with van der Waals surface area (Å²) >= 11 is 6.23. The first-order valence-corrected chi connectivity index (χ1v) is 10.1. The van der Waals surface area contributed by atoms with Gasteiger partial charge >= 0.3 is 0 Å². The molecule has 1 aromatic carbocycles. The summed E-state index contributed by atoms with van der Waals surface area (Å²) in [5, 5.41) is 7.20. The number of guanidine groups is 1. The van der Waals surface area contributed by atoms with Gasteiger partial charge in [0.15, 0.2) is 5.96 Å². The smallest absolute Gasteiger partial charge is 0.191 e. The highest BCUT2D eigenvalue weighted by Gasteiger charge is 2.24. The van der Waals surface area contributed by atoms with E-state index in [2.05, 4.69) is 46.2 Å². The second kappa shape index (κ2) is 12.1. The fourth-order valence-electron chi connectivity index (χ4n) is 3.32. The normalized spacial score (nSPS) is 16.6. The van der Waals surface area contributed by atoms with Gasteiger partial charge in [0, 0.05) is 63.3 Å². The van der Waals surface area contributed by atoms with Crippen LogP contribution in [0.5, 0.6) is 0 Å². The number of hydrogen-bond donors (Lipinski definition) is 2. The molecule has 28 heavy (non-hydrogen) atoms. The van der Waals surface area contributed by atoms with Gasteiger partial charge in [0.2, 0.25) is 0 Å². The van der Waals surface area contributed by atoms with Gasteiger partial charge in [-0.05, 0) is 24.2 Å². The molecule has 1 fully saturated rings. The Morgan fingerprint density at radius 2 is 1.82 bits per heavy atom. The second-order valence-corrected chi connectivity index (χ2v) is 8.04. The fourth-order valence-corrected chi connectivity index (χ4v) is 3.74. The highest BCUT2D eigenvalue weighted by molar-refractivity contribution is 14.0. The summed E-state index contributed by atoms with van der Waals surface area (Å²) < 4.78 is 13.3. The average Bonchev–Trinajstić information content (AvgIpc) is 2.64. The van der Waals surface area contributed by atoms with Gasteiger partial charge in [-0.3, -0.25) is 9.89 Å². The number of benzene rings is 1. The van der Waals surface area contributed by atoms with Crippen molar-refractivity contribution in [3.63, 3.8) is 0 Å². The molecule has 1 aromatic rings. The molecule has 0 saturated carbocycles. The molecular weight excluding hydrogens is 492 g/mol. The minimum atomic E-state index is -0.315. The number of nitrogens with zero attached hydrogens (tertiary/aromatic N) is 3. The maximum atomic E-state index is 13.3. The van der Waals surface area contributed by atoms with Crippen molar-refractivity contribution in [1.82, 2.24) is 20.4 Å². The van der Waals surface area contributed by atoms with Crippen LogP contribution in [0.25, 0.3) is 0 Å². The van der Waals surface area contributed by atoms with Crippen LogP contribution in [0.15, 0.2) is 23.2 Å². The molecule has 0 bridgehead atoms. The van der Waals surface area contributed by atoms with E-state index in [1.165, 1.54) is 12.1 Å². The molecule has 5 nitrogen and oxygen atoms in total. The average molecular weight is 526 g/mol. The zero-order valence-electron chi connectivity index (χ0n) is 17.4. The van der Waals surface area contributed by atoms with E-state index in [0.717, 1.165) is 57.3 Å². The van der Waals surface area contributed by atoms with Crippen LogP contribution in [0.3, 0.4) is 0 Å². The van der Waals surface area contributed by atoms with Crippen molar-refractivity contribution in [2.45, 2.75) is 26.2 Å². The van der Waals surface area contributed by atoms with Crippen molar-refractivity contribution in [3.05, 3.63) is 34.6 Å². The maximum Gasteiger partial charge on any atom is 0.191 e. The molecule has 0 amide bonds. The molecule has 2 rings (SSSR count). The first kappa shape index (κ1) is 25.4. The number of nitrogens with one attached hydrogen (secondary N) is 2. The lowest BCUT2D eigenvalue weighted by Gasteiger charge is -2.34. The summed E-state index contributed by atoms with van der Waals surface area (Å²) in [4.78, 5) is 9.26. The van der Waals surface area contributed by atoms with Crippen LogP contribution in [0.1, 0.15) is 26.3 Å². The monoisotopic (exact) mass is 525 g/mol. The van der Waals surface area contributed by atoms with E-state index in [1.807, 2.05) is 0 Å². The Hall–Kier alpha value is -0.640. The molecule has 1 saturated heterocycles. The summed E-state index contributed by atoms with van der Waals surface area (Å²) in [6.45, 7) is 14.6. The molecule has 0 aliphatic carbocycles. The molecule has 2 N–H and O–H groups in total. The van der Waals surface area contributed by atoms with Crippen molar-refractivity contribution in [3.8, 4) is 0 Å². The quantitative estimate of drug-likeness (QED) is 0.326. The van der Waals surface area contributed by atoms with Crippen LogP contribution >= 0.6 is 35.6 Å². The summed E-state index contributed by atoms with van der Waals surface area (Å²) in [5.41, 5.74) is 0.668. The minimum absolute atomic E-state index is 0. The zero-order chi connectivity index (χ0) is 19.9. The predicted octanol–water partition coefficient (Wildman–Crippen LogP) is 3.18. The van der Waals surface area contributed by atoms with E-state index in [9.17, 15) is 4.39 Å². The van der Waals surface area contributed by atoms with E-state index in [0.29, 0.717) is 11.6 Å². The lowest BCUT2D eigenvalue weighted by Crippen LogP contribution is -2.49. The van der Waals surface area contributed by atoms with Crippen molar-refractivity contribution in [2.24, 2.45) is 4.99 Å². The third kappa shape index (κ3) is 7.65. The van der Waals surface area contributed by atoms with Gasteiger partial charge in [0.05, 0.1) is 0 Å². The van der Waals surface area contributed by atoms with Crippen molar-refractivity contribution < 1.29 is 4.39 Å². The van der Waals surface area contributed by atoms with Crippen molar-refractivity contribution in [1.29, 1.82) is 0 Å². The Morgan fingerprint density at radius 3 is 2.39 bits per heavy atom. The molecular formula is C20H34ClFIN5. The molecule has 8 heteroatoms. The fraction of sp³-hybridized carbons (Fsp3) is 0.650. The summed E-state index contributed by atoms with van der Waals surface area (Å²) in [7, 11) is 1.77. The standard InChI is InChI=1S/C20H33ClFN5.HI/c1-5-26-10-12-27(13-11-26)9-8-24-19(23-4)25-15-20(2,3)17-7-6-16(22)14-18(17)21;/h6-7,14H,5,8-13,15H2,1-4H3,(H2,23,24,25);1H. The highest BCUT2D eigenvalue weighted by atomic mass is 127. The molecule has 0 atom stereocenters. The number of aliphatic imine (C=N–C) groups is 1. The van der Waals surface area contributed by atoms with Gasteiger partial charge in [-0.2, -0.15) is 0 Å². The molecule has 160 valence electrons. The lowest BCUT2D eigenvalue weighted by molar-refractivity contribution is 0.139. The van der Waals surface area contributed by atoms with Gasteiger partial charge in [-0.15, -0.1) is 24.0 Å². The Labute approximate surface area is 191 Å². The molecule has 0 aromatic heterocycles. The second-order valence-electron chi connectivity index (χ2n) is 7.64. The summed E-state index contributed by atoms with van der Waals surface area (Å²) in [6, 6.07) is 4.57. The minimum Gasteiger partial charge on any atom is -0.356 e. The topological polar surface area (TPSA) is 42.9 Å². The van der Waals surface area contributed by atoms with Crippen LogP contribution in [-0.4, -0.2) is 75.2 Å². The largest absolute Gasteiger partial charge is 0.356 e. The first-order valence-electron chi connectivity index (χ1n) is 9.70. The Kier molecular flexibility index (Phi) is 11.0. The Morgan fingerprint density at radius 1 is 1.18 bits per heavy atom. The van der Waals surface area contributed by atoms with Crippen LogP contribution in [0, 0.1) is 5.82 Å². The number of rotatable bonds is 7. The van der Waals surface area contributed by atoms with Crippen molar-refractivity contribution >= 4 is 41.5 Å². The summed E-state index contributed by atoms with van der Waals surface area (Å²) in [5.74, 6) is 0.457. The number of hydrogen-bond acceptors (Lipinski definition) is 3. The molecule has 0 spiro atoms. The van der Waals surface area contributed by atoms with E-state index >= 15 is 0 Å². The van der Waals surface area contributed by atoms with Crippen LogP contribution in [0.2, 0.25) is 5.02 Å². The molecule has 1 aliphatic heterocycles. The summed E-state index contributed by atoms with van der Waals surface area (Å²) in [6.07, 6.45) is 0. The van der Waals surface area contributed by atoms with E-state index < -0.39 is 0 Å². The molecule has 0 radical (unpaired) electrons. The van der Waals surface area contributed by atoms with E-state index in [1.54, 1.807) is 13.1 Å². The molecule has 0 unspecified atom stereocenters. The van der Waals surface area contributed by atoms with E-state index in [4.69, 9.17) is 11.6 Å². The van der Waals surface area contributed by atoms with E-state index in [-0.39, 0.29) is 35.2 Å². The highest BCUT2D eigenvalue weighted by Crippen LogP contribution is 2.29. The van der Waals surface area contributed by atoms with Crippen LogP contribution in [0.4, 0.5) is 4.39 Å². The SMILES string of the molecule is CCN1CCN(CCNC(=NC)NCC(C)(C)c2ccc(F)cc2Cl)CC1.I. The number of halogens is 3. The van der Waals surface area contributed by atoms with Gasteiger partial charge < -0.3 is 15.5 Å². The molecule has 1 aliphatic rings. The molecule has 1 heterocycles. The van der Waals surface area contributed by atoms with Crippen LogP contribution in [-0.2, 0) is 5.41 Å². The third-order valence-electron chi connectivity index (χ3n) is 5.21. The lowest BCUT2D eigenvalue weighted by atomic mass is 9.84. The maximum absolute atomic E-state index is 13.3. The Bertz CT molecular complexity index is 633. The number of likely N-dealkylation sites (N-methyl/N-ethyl adjacent to an activating group) is 1. The van der Waals surface area contributed by atoms with Gasteiger partial charge in [0.25, 0.3) is 0 Å².